The summed E-state index contributed by atoms with van der Waals surface area (Å²) in [7, 11) is 0. The van der Waals surface area contributed by atoms with Crippen molar-refractivity contribution in [2.45, 2.75) is 50.7 Å². The Morgan fingerprint density at radius 1 is 0.917 bits per heavy atom. The molecule has 0 unspecified atom stereocenters. The van der Waals surface area contributed by atoms with Crippen molar-refractivity contribution in [3.8, 4) is 0 Å². The van der Waals surface area contributed by atoms with Gasteiger partial charge in [-0.3, -0.25) is 0 Å². The predicted molar refractivity (Wildman–Crippen MR) is 54.8 cm³/mol. The van der Waals surface area contributed by atoms with Crippen LogP contribution in [0.15, 0.2) is 0 Å². The Bertz CT molecular complexity index is 66.2. The first-order valence-electron chi connectivity index (χ1n) is 5.19. The molecule has 0 rings (SSSR count). The molecular weight excluding hydrogens is 163 g/mol. The van der Waals surface area contributed by atoms with Gasteiger partial charge in [-0.2, -0.15) is 0 Å². The molecule has 0 heterocycles. The van der Waals surface area contributed by atoms with Crippen molar-refractivity contribution in [2.75, 3.05) is 13.2 Å². The molecule has 0 radical (unpaired) electrons. The third-order valence-corrected chi connectivity index (χ3v) is 2.36. The second-order valence-electron chi connectivity index (χ2n) is 3.11. The first-order valence-corrected chi connectivity index (χ1v) is 6.01. The van der Waals surface area contributed by atoms with Gasteiger partial charge in [0.05, 0.1) is 0 Å². The monoisotopic (exact) mass is 184 g/mol. The van der Waals surface area contributed by atoms with Crippen LogP contribution >= 0.6 is 0 Å². The van der Waals surface area contributed by atoms with E-state index in [4.69, 9.17) is 4.74 Å². The summed E-state index contributed by atoms with van der Waals surface area (Å²) in [5.74, 6) is 0. The molecule has 0 amide bonds. The molecule has 0 atom stereocenters. The average Bonchev–Trinajstić information content (AvgIpc) is 2.10. The van der Waals surface area contributed by atoms with Gasteiger partial charge in [0.2, 0.25) is 0 Å². The fourth-order valence-corrected chi connectivity index (χ4v) is 1.49. The van der Waals surface area contributed by atoms with E-state index in [2.05, 4.69) is 23.2 Å². The summed E-state index contributed by atoms with van der Waals surface area (Å²) in [5.41, 5.74) is 0. The van der Waals surface area contributed by atoms with Crippen molar-refractivity contribution < 1.29 is 4.74 Å². The molecule has 0 saturated heterocycles. The summed E-state index contributed by atoms with van der Waals surface area (Å²) in [6, 6.07) is 0. The van der Waals surface area contributed by atoms with Crippen LogP contribution in [0.1, 0.15) is 45.4 Å². The summed E-state index contributed by atoms with van der Waals surface area (Å²) in [5, 5.41) is 1.26. The van der Waals surface area contributed by atoms with Crippen LogP contribution in [0.2, 0.25) is 5.28 Å². The van der Waals surface area contributed by atoms with E-state index in [0.29, 0.717) is 0 Å². The van der Waals surface area contributed by atoms with E-state index < -0.39 is 0 Å². The summed E-state index contributed by atoms with van der Waals surface area (Å²) in [6.07, 6.45) is 8.15. The van der Waals surface area contributed by atoms with E-state index in [1.54, 1.807) is 0 Å². The molecule has 68 valence electrons. The zero-order valence-electron chi connectivity index (χ0n) is 8.35. The van der Waals surface area contributed by atoms with Crippen LogP contribution in [-0.4, -0.2) is 29.5 Å². The van der Waals surface area contributed by atoms with Gasteiger partial charge < -0.3 is 0 Å². The van der Waals surface area contributed by atoms with Crippen molar-refractivity contribution in [1.29, 1.82) is 0 Å². The topological polar surface area (TPSA) is 9.23 Å². The second kappa shape index (κ2) is 11.5. The molecule has 0 aromatic rings. The van der Waals surface area contributed by atoms with Gasteiger partial charge in [-0.15, -0.1) is 0 Å². The predicted octanol–water partition coefficient (Wildman–Crippen LogP) is 2.95. The minimum absolute atomic E-state index is 0.868. The van der Waals surface area contributed by atoms with Gasteiger partial charge in [0.25, 0.3) is 0 Å². The Labute approximate surface area is 85.3 Å². The standard InChI is InChI=1S/C10H21O.Al/c1-3-5-6-7-8-9-10-11-4-2;/h1,3-10H2,2H3;/q;+2. The molecular formula is C10H21AlO+2. The van der Waals surface area contributed by atoms with Crippen LogP contribution in [0.5, 0.6) is 0 Å². The van der Waals surface area contributed by atoms with Crippen LogP contribution in [0.3, 0.4) is 0 Å². The molecule has 2 heteroatoms. The summed E-state index contributed by atoms with van der Waals surface area (Å²) in [6.45, 7) is 3.88. The van der Waals surface area contributed by atoms with Gasteiger partial charge in [0, 0.05) is 0 Å². The Morgan fingerprint density at radius 2 is 1.50 bits per heavy atom. The van der Waals surface area contributed by atoms with Crippen LogP contribution in [0.4, 0.5) is 0 Å². The molecule has 0 spiro atoms. The van der Waals surface area contributed by atoms with E-state index in [-0.39, 0.29) is 0 Å². The third-order valence-electron chi connectivity index (χ3n) is 1.95. The first kappa shape index (κ1) is 12.5. The van der Waals surface area contributed by atoms with E-state index >= 15 is 0 Å². The van der Waals surface area contributed by atoms with Crippen molar-refractivity contribution >= 4 is 16.3 Å². The quantitative estimate of drug-likeness (QED) is 0.395. The van der Waals surface area contributed by atoms with Crippen LogP contribution in [0.25, 0.3) is 0 Å². The molecule has 0 aliphatic heterocycles. The molecule has 0 fully saturated rings. The van der Waals surface area contributed by atoms with Gasteiger partial charge in [0.15, 0.2) is 0 Å². The second-order valence-corrected chi connectivity index (χ2v) is 3.68. The van der Waals surface area contributed by atoms with Crippen molar-refractivity contribution in [3.05, 3.63) is 0 Å². The summed E-state index contributed by atoms with van der Waals surface area (Å²) < 4.78 is 5.26. The van der Waals surface area contributed by atoms with Gasteiger partial charge in [-0.25, -0.2) is 0 Å². The summed E-state index contributed by atoms with van der Waals surface area (Å²) >= 11 is 2.78. The Morgan fingerprint density at radius 3 is 2.08 bits per heavy atom. The van der Waals surface area contributed by atoms with Crippen molar-refractivity contribution in [2.24, 2.45) is 0 Å². The molecule has 0 aliphatic carbocycles. The van der Waals surface area contributed by atoms with E-state index in [1.807, 2.05) is 0 Å². The summed E-state index contributed by atoms with van der Waals surface area (Å²) in [4.78, 5) is 0. The number of ether oxygens (including phenoxy) is 1. The molecule has 12 heavy (non-hydrogen) atoms. The van der Waals surface area contributed by atoms with Gasteiger partial charge in [0.1, 0.15) is 0 Å². The number of hydrogen-bond acceptors (Lipinski definition) is 1. The Balaban J connectivity index is 2.73. The van der Waals surface area contributed by atoms with Crippen molar-refractivity contribution in [3.63, 3.8) is 0 Å². The third kappa shape index (κ3) is 10.5. The minimum atomic E-state index is 0.868. The normalized spacial score (nSPS) is 10.6. The van der Waals surface area contributed by atoms with Crippen molar-refractivity contribution in [1.82, 2.24) is 0 Å². The molecule has 0 aliphatic rings. The maximum atomic E-state index is 5.26. The first-order chi connectivity index (χ1) is 5.91. The number of hydrogen-bond donors (Lipinski definition) is 0. The number of unbranched alkanes of at least 4 members (excludes halogenated alkanes) is 5. The molecule has 0 aromatic carbocycles. The fraction of sp³-hybridized carbons (Fsp3) is 1.00. The molecule has 1 nitrogen and oxygen atoms in total. The van der Waals surface area contributed by atoms with Gasteiger partial charge in [-0.1, -0.05) is 0 Å². The zero-order valence-corrected chi connectivity index (χ0v) is 9.50. The molecule has 0 N–H and O–H groups in total. The van der Waals surface area contributed by atoms with E-state index in [9.17, 15) is 0 Å². The van der Waals surface area contributed by atoms with E-state index in [1.165, 1.54) is 43.8 Å². The Hall–Kier alpha value is 0.492. The van der Waals surface area contributed by atoms with Crippen LogP contribution in [0, 0.1) is 0 Å². The Kier molecular flexibility index (Phi) is 12.0. The van der Waals surface area contributed by atoms with Crippen LogP contribution in [-0.2, 0) is 4.74 Å². The molecule has 0 aromatic heterocycles. The SMILES string of the molecule is CCOCCCCCCC[CH2][Al+2]. The molecule has 0 saturated carbocycles. The zero-order chi connectivity index (χ0) is 9.07. The van der Waals surface area contributed by atoms with Crippen LogP contribution < -0.4 is 0 Å². The average molecular weight is 184 g/mol. The van der Waals surface area contributed by atoms with Gasteiger partial charge in [-0.05, 0) is 0 Å². The van der Waals surface area contributed by atoms with Gasteiger partial charge >= 0.3 is 85.0 Å². The maximum absolute atomic E-state index is 5.26. The number of rotatable bonds is 9. The molecule has 0 bridgehead atoms. The fourth-order valence-electron chi connectivity index (χ4n) is 1.20. The van der Waals surface area contributed by atoms with E-state index in [0.717, 1.165) is 13.2 Å².